The van der Waals surface area contributed by atoms with E-state index >= 15 is 0 Å². The monoisotopic (exact) mass is 245 g/mol. The van der Waals surface area contributed by atoms with Crippen LogP contribution in [0.3, 0.4) is 0 Å². The van der Waals surface area contributed by atoms with E-state index in [2.05, 4.69) is 9.88 Å². The highest BCUT2D eigenvalue weighted by molar-refractivity contribution is 5.17. The van der Waals surface area contributed by atoms with Crippen LogP contribution in [0.4, 0.5) is 0 Å². The SMILES string of the molecule is CN(Cc1nccn1C)CC(O)c1ccccc1. The zero-order valence-corrected chi connectivity index (χ0v) is 10.8. The summed E-state index contributed by atoms with van der Waals surface area (Å²) in [6.07, 6.45) is 3.25. The van der Waals surface area contributed by atoms with E-state index in [9.17, 15) is 5.11 Å². The maximum absolute atomic E-state index is 10.1. The van der Waals surface area contributed by atoms with Gasteiger partial charge in [0, 0.05) is 26.0 Å². The van der Waals surface area contributed by atoms with E-state index < -0.39 is 6.10 Å². The zero-order chi connectivity index (χ0) is 13.0. The number of aliphatic hydroxyl groups is 1. The summed E-state index contributed by atoms with van der Waals surface area (Å²) in [5.41, 5.74) is 0.948. The molecule has 1 atom stereocenters. The smallest absolute Gasteiger partial charge is 0.122 e. The molecule has 0 aliphatic heterocycles. The van der Waals surface area contributed by atoms with Gasteiger partial charge in [-0.1, -0.05) is 30.3 Å². The Morgan fingerprint density at radius 3 is 2.67 bits per heavy atom. The minimum absolute atomic E-state index is 0.462. The van der Waals surface area contributed by atoms with Crippen LogP contribution in [0.25, 0.3) is 0 Å². The molecule has 1 N–H and O–H groups in total. The molecule has 0 amide bonds. The normalized spacial score (nSPS) is 12.9. The van der Waals surface area contributed by atoms with Gasteiger partial charge in [-0.25, -0.2) is 4.98 Å². The molecule has 1 heterocycles. The maximum atomic E-state index is 10.1. The molecule has 0 saturated carbocycles. The molecule has 0 bridgehead atoms. The van der Waals surface area contributed by atoms with Gasteiger partial charge in [0.1, 0.15) is 5.82 Å². The average molecular weight is 245 g/mol. The largest absolute Gasteiger partial charge is 0.387 e. The number of hydrogen-bond donors (Lipinski definition) is 1. The lowest BCUT2D eigenvalue weighted by Gasteiger charge is -2.20. The van der Waals surface area contributed by atoms with E-state index in [4.69, 9.17) is 0 Å². The quantitative estimate of drug-likeness (QED) is 0.869. The average Bonchev–Trinajstić information content (AvgIpc) is 2.76. The van der Waals surface area contributed by atoms with E-state index in [1.807, 2.05) is 55.2 Å². The van der Waals surface area contributed by atoms with Crippen LogP contribution in [0.15, 0.2) is 42.7 Å². The topological polar surface area (TPSA) is 41.3 Å². The van der Waals surface area contributed by atoms with Crippen molar-refractivity contribution in [1.29, 1.82) is 0 Å². The molecular formula is C14H19N3O. The minimum Gasteiger partial charge on any atom is -0.387 e. The standard InChI is InChI=1S/C14H19N3O/c1-16(11-14-15-8-9-17(14)2)10-13(18)12-6-4-3-5-7-12/h3-9,13,18H,10-11H2,1-2H3. The first-order valence-corrected chi connectivity index (χ1v) is 6.04. The Hall–Kier alpha value is -1.65. The van der Waals surface area contributed by atoms with Crippen LogP contribution in [0.1, 0.15) is 17.5 Å². The summed E-state index contributed by atoms with van der Waals surface area (Å²) in [4.78, 5) is 6.34. The third-order valence-corrected chi connectivity index (χ3v) is 3.00. The van der Waals surface area contributed by atoms with Gasteiger partial charge in [-0.15, -0.1) is 0 Å². The number of likely N-dealkylation sites (N-methyl/N-ethyl adjacent to an activating group) is 1. The van der Waals surface area contributed by atoms with Gasteiger partial charge in [-0.2, -0.15) is 0 Å². The van der Waals surface area contributed by atoms with E-state index in [0.29, 0.717) is 6.54 Å². The van der Waals surface area contributed by atoms with Crippen molar-refractivity contribution < 1.29 is 5.11 Å². The fourth-order valence-corrected chi connectivity index (χ4v) is 1.93. The second-order valence-electron chi connectivity index (χ2n) is 4.58. The Morgan fingerprint density at radius 2 is 2.06 bits per heavy atom. The van der Waals surface area contributed by atoms with Crippen LogP contribution in [0.2, 0.25) is 0 Å². The molecule has 2 aromatic rings. The Balaban J connectivity index is 1.92. The van der Waals surface area contributed by atoms with Gasteiger partial charge in [0.2, 0.25) is 0 Å². The number of aliphatic hydroxyl groups excluding tert-OH is 1. The van der Waals surface area contributed by atoms with Gasteiger partial charge in [0.25, 0.3) is 0 Å². The molecule has 1 aromatic heterocycles. The van der Waals surface area contributed by atoms with Crippen molar-refractivity contribution >= 4 is 0 Å². The summed E-state index contributed by atoms with van der Waals surface area (Å²) < 4.78 is 1.99. The second kappa shape index (κ2) is 5.80. The molecule has 1 aromatic carbocycles. The summed E-state index contributed by atoms with van der Waals surface area (Å²) in [7, 11) is 3.96. The van der Waals surface area contributed by atoms with Crippen LogP contribution in [0, 0.1) is 0 Å². The summed E-state index contributed by atoms with van der Waals surface area (Å²) in [6, 6.07) is 9.72. The molecule has 4 nitrogen and oxygen atoms in total. The van der Waals surface area contributed by atoms with Crippen molar-refractivity contribution in [3.63, 3.8) is 0 Å². The van der Waals surface area contributed by atoms with Gasteiger partial charge in [-0.3, -0.25) is 4.90 Å². The molecule has 2 rings (SSSR count). The molecular weight excluding hydrogens is 226 g/mol. The highest BCUT2D eigenvalue weighted by Gasteiger charge is 2.11. The first-order valence-electron chi connectivity index (χ1n) is 6.04. The first-order chi connectivity index (χ1) is 8.66. The molecule has 18 heavy (non-hydrogen) atoms. The third kappa shape index (κ3) is 3.18. The fourth-order valence-electron chi connectivity index (χ4n) is 1.93. The summed E-state index contributed by atoms with van der Waals surface area (Å²) in [5.74, 6) is 0.998. The number of nitrogens with zero attached hydrogens (tertiary/aromatic N) is 3. The molecule has 96 valence electrons. The number of hydrogen-bond acceptors (Lipinski definition) is 3. The lowest BCUT2D eigenvalue weighted by Crippen LogP contribution is -2.25. The van der Waals surface area contributed by atoms with Gasteiger partial charge in [0.15, 0.2) is 0 Å². The Labute approximate surface area is 108 Å². The minimum atomic E-state index is -0.462. The van der Waals surface area contributed by atoms with Crippen LogP contribution >= 0.6 is 0 Å². The molecule has 0 aliphatic carbocycles. The Bertz CT molecular complexity index is 481. The highest BCUT2D eigenvalue weighted by Crippen LogP contribution is 2.13. The highest BCUT2D eigenvalue weighted by atomic mass is 16.3. The van der Waals surface area contributed by atoms with Crippen molar-refractivity contribution in [2.24, 2.45) is 7.05 Å². The predicted molar refractivity (Wildman–Crippen MR) is 70.9 cm³/mol. The number of benzene rings is 1. The fraction of sp³-hybridized carbons (Fsp3) is 0.357. The van der Waals surface area contributed by atoms with E-state index in [1.165, 1.54) is 0 Å². The van der Waals surface area contributed by atoms with Crippen molar-refractivity contribution in [3.8, 4) is 0 Å². The molecule has 0 spiro atoms. The van der Waals surface area contributed by atoms with Crippen LogP contribution in [-0.2, 0) is 13.6 Å². The number of aromatic nitrogens is 2. The molecule has 4 heteroatoms. The summed E-state index contributed by atoms with van der Waals surface area (Å²) >= 11 is 0. The lowest BCUT2D eigenvalue weighted by atomic mass is 10.1. The van der Waals surface area contributed by atoms with Crippen molar-refractivity contribution in [2.75, 3.05) is 13.6 Å². The predicted octanol–water partition coefficient (Wildman–Crippen LogP) is 1.59. The van der Waals surface area contributed by atoms with Crippen LogP contribution < -0.4 is 0 Å². The first kappa shape index (κ1) is 12.8. The van der Waals surface area contributed by atoms with E-state index in [-0.39, 0.29) is 0 Å². The van der Waals surface area contributed by atoms with E-state index in [0.717, 1.165) is 17.9 Å². The van der Waals surface area contributed by atoms with Crippen molar-refractivity contribution in [1.82, 2.24) is 14.5 Å². The van der Waals surface area contributed by atoms with Gasteiger partial charge >= 0.3 is 0 Å². The number of aryl methyl sites for hydroxylation is 1. The van der Waals surface area contributed by atoms with Gasteiger partial charge in [-0.05, 0) is 12.6 Å². The Kier molecular flexibility index (Phi) is 4.12. The van der Waals surface area contributed by atoms with Crippen LogP contribution in [-0.4, -0.2) is 33.1 Å². The molecule has 0 aliphatic rings. The Morgan fingerprint density at radius 1 is 1.33 bits per heavy atom. The van der Waals surface area contributed by atoms with Crippen LogP contribution in [0.5, 0.6) is 0 Å². The zero-order valence-electron chi connectivity index (χ0n) is 10.8. The number of rotatable bonds is 5. The van der Waals surface area contributed by atoms with Crippen molar-refractivity contribution in [2.45, 2.75) is 12.6 Å². The van der Waals surface area contributed by atoms with Gasteiger partial charge < -0.3 is 9.67 Å². The molecule has 1 unspecified atom stereocenters. The summed E-state index contributed by atoms with van der Waals surface area (Å²) in [5, 5.41) is 10.1. The number of imidazole rings is 1. The second-order valence-corrected chi connectivity index (χ2v) is 4.58. The molecule has 0 saturated heterocycles. The molecule has 0 radical (unpaired) electrons. The van der Waals surface area contributed by atoms with E-state index in [1.54, 1.807) is 6.20 Å². The van der Waals surface area contributed by atoms with Crippen molar-refractivity contribution in [3.05, 3.63) is 54.1 Å². The molecule has 0 fully saturated rings. The lowest BCUT2D eigenvalue weighted by molar-refractivity contribution is 0.122. The van der Waals surface area contributed by atoms with Gasteiger partial charge in [0.05, 0.1) is 12.6 Å². The maximum Gasteiger partial charge on any atom is 0.122 e. The third-order valence-electron chi connectivity index (χ3n) is 3.00. The summed E-state index contributed by atoms with van der Waals surface area (Å²) in [6.45, 7) is 1.32.